The third-order valence-corrected chi connectivity index (χ3v) is 4.30. The van der Waals surface area contributed by atoms with Crippen molar-refractivity contribution in [2.24, 2.45) is 5.92 Å². The molecule has 1 unspecified atom stereocenters. The van der Waals surface area contributed by atoms with Crippen molar-refractivity contribution in [3.63, 3.8) is 0 Å². The van der Waals surface area contributed by atoms with Crippen molar-refractivity contribution >= 4 is 5.91 Å². The number of hydrogen-bond acceptors (Lipinski definition) is 4. The molecule has 4 heterocycles. The van der Waals surface area contributed by atoms with Crippen molar-refractivity contribution in [2.45, 2.75) is 13.1 Å². The fourth-order valence-electron chi connectivity index (χ4n) is 3.07. The summed E-state index contributed by atoms with van der Waals surface area (Å²) in [6, 6.07) is 9.31. The Balaban J connectivity index is 1.52. The lowest BCUT2D eigenvalue weighted by Gasteiger charge is -2.23. The van der Waals surface area contributed by atoms with E-state index in [1.807, 2.05) is 33.8 Å². The monoisotopic (exact) mass is 337 g/mol. The van der Waals surface area contributed by atoms with Crippen LogP contribution in [-0.4, -0.2) is 43.7 Å². The van der Waals surface area contributed by atoms with Gasteiger partial charge in [0, 0.05) is 37.6 Å². The van der Waals surface area contributed by atoms with E-state index in [2.05, 4.69) is 15.1 Å². The molecule has 3 aromatic rings. The van der Waals surface area contributed by atoms with Gasteiger partial charge in [-0.15, -0.1) is 0 Å². The highest BCUT2D eigenvalue weighted by atomic mass is 16.5. The minimum atomic E-state index is -0.00831. The van der Waals surface area contributed by atoms with Gasteiger partial charge in [-0.25, -0.2) is 0 Å². The van der Waals surface area contributed by atoms with E-state index in [1.165, 1.54) is 0 Å². The van der Waals surface area contributed by atoms with Crippen LogP contribution in [0.2, 0.25) is 0 Å². The second-order valence-electron chi connectivity index (χ2n) is 6.14. The molecular weight excluding hydrogens is 318 g/mol. The molecule has 0 saturated heterocycles. The molecular formula is C18H19N5O2. The summed E-state index contributed by atoms with van der Waals surface area (Å²) in [4.78, 5) is 21.7. The maximum absolute atomic E-state index is 12.8. The molecule has 0 radical (unpaired) electrons. The molecule has 0 aliphatic carbocycles. The van der Waals surface area contributed by atoms with Gasteiger partial charge in [0.05, 0.1) is 25.0 Å². The number of hydrogen-bond donors (Lipinski definition) is 1. The number of carbonyl (C=O) groups is 1. The van der Waals surface area contributed by atoms with Crippen LogP contribution in [0.3, 0.4) is 0 Å². The number of aromatic amines is 1. The number of rotatable bonds is 4. The zero-order chi connectivity index (χ0) is 17.1. The van der Waals surface area contributed by atoms with E-state index >= 15 is 0 Å². The number of amides is 1. The molecule has 7 heteroatoms. The van der Waals surface area contributed by atoms with E-state index in [4.69, 9.17) is 4.74 Å². The van der Waals surface area contributed by atoms with Gasteiger partial charge in [0.2, 0.25) is 0 Å². The summed E-state index contributed by atoms with van der Waals surface area (Å²) >= 11 is 0. The van der Waals surface area contributed by atoms with Gasteiger partial charge in [0.1, 0.15) is 11.4 Å². The largest absolute Gasteiger partial charge is 0.492 e. The van der Waals surface area contributed by atoms with Gasteiger partial charge in [0.15, 0.2) is 0 Å². The van der Waals surface area contributed by atoms with E-state index < -0.39 is 0 Å². The van der Waals surface area contributed by atoms with Crippen molar-refractivity contribution in [3.8, 4) is 5.75 Å². The van der Waals surface area contributed by atoms with E-state index in [0.717, 1.165) is 18.0 Å². The Morgan fingerprint density at radius 2 is 2.20 bits per heavy atom. The third kappa shape index (κ3) is 3.40. The minimum absolute atomic E-state index is 0.00831. The van der Waals surface area contributed by atoms with Gasteiger partial charge in [0.25, 0.3) is 5.91 Å². The Morgan fingerprint density at radius 1 is 1.24 bits per heavy atom. The van der Waals surface area contributed by atoms with Crippen LogP contribution >= 0.6 is 0 Å². The molecule has 4 rings (SSSR count). The number of pyridine rings is 1. The summed E-state index contributed by atoms with van der Waals surface area (Å²) in [5.41, 5.74) is 1.63. The summed E-state index contributed by atoms with van der Waals surface area (Å²) in [5, 5.41) is 4.38. The lowest BCUT2D eigenvalue weighted by Crippen LogP contribution is -2.36. The molecule has 0 spiro atoms. The average Bonchev–Trinajstić information content (AvgIpc) is 3.29. The second kappa shape index (κ2) is 6.80. The number of aromatic nitrogens is 4. The van der Waals surface area contributed by atoms with Crippen LogP contribution in [-0.2, 0) is 13.1 Å². The van der Waals surface area contributed by atoms with E-state index in [0.29, 0.717) is 25.4 Å². The number of nitrogens with one attached hydrogen (secondary N) is 1. The highest BCUT2D eigenvalue weighted by Crippen LogP contribution is 2.19. The van der Waals surface area contributed by atoms with Crippen LogP contribution in [0.1, 0.15) is 16.2 Å². The first-order valence-electron chi connectivity index (χ1n) is 8.26. The molecule has 7 nitrogen and oxygen atoms in total. The van der Waals surface area contributed by atoms with Gasteiger partial charge in [-0.2, -0.15) is 5.10 Å². The van der Waals surface area contributed by atoms with Crippen LogP contribution in [0.4, 0.5) is 0 Å². The molecule has 0 aromatic carbocycles. The highest BCUT2D eigenvalue weighted by molar-refractivity contribution is 5.92. The number of ether oxygens (including phenoxy) is 1. The molecule has 1 atom stereocenters. The Labute approximate surface area is 145 Å². The molecule has 1 aliphatic heterocycles. The fraction of sp³-hybridized carbons (Fsp3) is 0.278. The summed E-state index contributed by atoms with van der Waals surface area (Å²) in [5.74, 6) is 0.862. The number of H-pyrrole nitrogens is 1. The van der Waals surface area contributed by atoms with Crippen molar-refractivity contribution in [1.29, 1.82) is 0 Å². The third-order valence-electron chi connectivity index (χ3n) is 4.30. The first-order chi connectivity index (χ1) is 12.3. The Kier molecular flexibility index (Phi) is 4.20. The van der Waals surface area contributed by atoms with Crippen LogP contribution in [0.25, 0.3) is 0 Å². The molecule has 1 aliphatic rings. The summed E-state index contributed by atoms with van der Waals surface area (Å²) in [7, 11) is 0. The zero-order valence-corrected chi connectivity index (χ0v) is 13.7. The minimum Gasteiger partial charge on any atom is -0.492 e. The van der Waals surface area contributed by atoms with Crippen LogP contribution in [0.15, 0.2) is 55.1 Å². The van der Waals surface area contributed by atoms with Crippen molar-refractivity contribution < 1.29 is 9.53 Å². The Morgan fingerprint density at radius 3 is 3.00 bits per heavy atom. The van der Waals surface area contributed by atoms with Crippen molar-refractivity contribution in [2.75, 3.05) is 13.2 Å². The zero-order valence-electron chi connectivity index (χ0n) is 13.7. The maximum atomic E-state index is 12.8. The number of carbonyl (C=O) groups excluding carboxylic acids is 1. The van der Waals surface area contributed by atoms with E-state index in [-0.39, 0.29) is 11.8 Å². The lowest BCUT2D eigenvalue weighted by atomic mass is 10.1. The second-order valence-corrected chi connectivity index (χ2v) is 6.14. The quantitative estimate of drug-likeness (QED) is 0.789. The van der Waals surface area contributed by atoms with Gasteiger partial charge < -0.3 is 14.6 Å². The van der Waals surface area contributed by atoms with Gasteiger partial charge in [-0.3, -0.25) is 14.5 Å². The SMILES string of the molecule is O=C(c1ccc[nH]1)N1Cc2ccnn2CC(COc2cccnc2)C1. The fourth-order valence-corrected chi connectivity index (χ4v) is 3.07. The number of nitrogens with zero attached hydrogens (tertiary/aromatic N) is 4. The Hall–Kier alpha value is -3.09. The van der Waals surface area contributed by atoms with Crippen LogP contribution in [0.5, 0.6) is 5.75 Å². The van der Waals surface area contributed by atoms with Crippen molar-refractivity contribution in [1.82, 2.24) is 24.6 Å². The van der Waals surface area contributed by atoms with Crippen molar-refractivity contribution in [3.05, 3.63) is 66.5 Å². The normalized spacial score (nSPS) is 17.0. The molecule has 1 N–H and O–H groups in total. The van der Waals surface area contributed by atoms with E-state index in [1.54, 1.807) is 30.9 Å². The lowest BCUT2D eigenvalue weighted by molar-refractivity contribution is 0.0696. The smallest absolute Gasteiger partial charge is 0.270 e. The maximum Gasteiger partial charge on any atom is 0.270 e. The summed E-state index contributed by atoms with van der Waals surface area (Å²) in [6.07, 6.45) is 6.94. The predicted molar refractivity (Wildman–Crippen MR) is 91.0 cm³/mol. The standard InChI is InChI=1S/C18H19N5O2/c24-18(17-4-2-7-20-17)22-10-14(11-23-15(12-22)5-8-21-23)13-25-16-3-1-6-19-9-16/h1-9,14,20H,10-13H2. The average molecular weight is 337 g/mol. The first-order valence-corrected chi connectivity index (χ1v) is 8.26. The van der Waals surface area contributed by atoms with Crippen LogP contribution in [0, 0.1) is 5.92 Å². The molecule has 128 valence electrons. The van der Waals surface area contributed by atoms with Gasteiger partial charge >= 0.3 is 0 Å². The first kappa shape index (κ1) is 15.4. The number of fused-ring (bicyclic) bond motifs is 1. The summed E-state index contributed by atoms with van der Waals surface area (Å²) < 4.78 is 7.82. The highest BCUT2D eigenvalue weighted by Gasteiger charge is 2.27. The summed E-state index contributed by atoms with van der Waals surface area (Å²) in [6.45, 7) is 2.37. The van der Waals surface area contributed by atoms with E-state index in [9.17, 15) is 4.79 Å². The molecule has 0 fully saturated rings. The van der Waals surface area contributed by atoms with Gasteiger partial charge in [-0.05, 0) is 30.3 Å². The molecule has 1 amide bonds. The van der Waals surface area contributed by atoms with Gasteiger partial charge in [-0.1, -0.05) is 0 Å². The molecule has 0 bridgehead atoms. The topological polar surface area (TPSA) is 76.0 Å². The van der Waals surface area contributed by atoms with Crippen LogP contribution < -0.4 is 4.74 Å². The molecule has 3 aromatic heterocycles. The Bertz CT molecular complexity index is 828. The molecule has 25 heavy (non-hydrogen) atoms. The molecule has 0 saturated carbocycles. The predicted octanol–water partition coefficient (Wildman–Crippen LogP) is 1.96.